The second kappa shape index (κ2) is 6.86. The molecule has 1 saturated heterocycles. The van der Waals surface area contributed by atoms with E-state index in [1.807, 2.05) is 0 Å². The van der Waals surface area contributed by atoms with Gasteiger partial charge in [0.1, 0.15) is 11.4 Å². The summed E-state index contributed by atoms with van der Waals surface area (Å²) in [6.45, 7) is 2.93. The highest BCUT2D eigenvalue weighted by Crippen LogP contribution is 2.17. The van der Waals surface area contributed by atoms with Gasteiger partial charge >= 0.3 is 0 Å². The lowest BCUT2D eigenvalue weighted by Crippen LogP contribution is -2.46. The number of rotatable bonds is 3. The Morgan fingerprint density at radius 3 is 2.71 bits per heavy atom. The van der Waals surface area contributed by atoms with Gasteiger partial charge in [-0.15, -0.1) is 0 Å². The predicted octanol–water partition coefficient (Wildman–Crippen LogP) is 2.54. The highest BCUT2D eigenvalue weighted by atomic mass is 19.1. The van der Waals surface area contributed by atoms with E-state index in [1.165, 1.54) is 12.1 Å². The average molecular weight is 329 g/mol. The van der Waals surface area contributed by atoms with Crippen LogP contribution < -0.4 is 10.9 Å². The Labute approximate surface area is 139 Å². The first-order chi connectivity index (χ1) is 11.5. The number of nitrogens with one attached hydrogen (secondary N) is 2. The Bertz CT molecular complexity index is 786. The van der Waals surface area contributed by atoms with Crippen molar-refractivity contribution in [1.82, 2.24) is 9.88 Å². The SMILES string of the molecule is Cc1ccc(C(=O)N2CCCC(Nc3ccc(F)cc3)C2)c(=O)[nH]1. The summed E-state index contributed by atoms with van der Waals surface area (Å²) < 4.78 is 13.0. The number of hydrogen-bond acceptors (Lipinski definition) is 3. The molecule has 2 aromatic rings. The first kappa shape index (κ1) is 16.2. The van der Waals surface area contributed by atoms with E-state index in [1.54, 1.807) is 36.1 Å². The summed E-state index contributed by atoms with van der Waals surface area (Å²) in [6, 6.07) is 9.56. The molecule has 0 bridgehead atoms. The number of aromatic nitrogens is 1. The van der Waals surface area contributed by atoms with E-state index in [2.05, 4.69) is 10.3 Å². The van der Waals surface area contributed by atoms with Crippen molar-refractivity contribution in [3.63, 3.8) is 0 Å². The molecule has 1 aromatic carbocycles. The third-order valence-electron chi connectivity index (χ3n) is 4.21. The van der Waals surface area contributed by atoms with Gasteiger partial charge in [0, 0.05) is 30.5 Å². The van der Waals surface area contributed by atoms with E-state index in [0.717, 1.165) is 24.2 Å². The van der Waals surface area contributed by atoms with Crippen molar-refractivity contribution in [3.8, 4) is 0 Å². The molecule has 2 heterocycles. The molecule has 24 heavy (non-hydrogen) atoms. The lowest BCUT2D eigenvalue weighted by molar-refractivity contribution is 0.0713. The minimum absolute atomic E-state index is 0.0812. The molecule has 1 amide bonds. The zero-order valence-electron chi connectivity index (χ0n) is 13.5. The number of anilines is 1. The molecule has 3 rings (SSSR count). The topological polar surface area (TPSA) is 65.2 Å². The number of aryl methyl sites for hydroxylation is 1. The van der Waals surface area contributed by atoms with E-state index < -0.39 is 0 Å². The smallest absolute Gasteiger partial charge is 0.260 e. The number of carbonyl (C=O) groups is 1. The number of nitrogens with zero attached hydrogens (tertiary/aromatic N) is 1. The maximum absolute atomic E-state index is 13.0. The number of aromatic amines is 1. The molecular weight excluding hydrogens is 309 g/mol. The molecule has 0 aliphatic carbocycles. The van der Waals surface area contributed by atoms with Crippen molar-refractivity contribution in [2.75, 3.05) is 18.4 Å². The summed E-state index contributed by atoms with van der Waals surface area (Å²) in [7, 11) is 0. The fourth-order valence-corrected chi connectivity index (χ4v) is 2.97. The molecular formula is C18H20FN3O2. The maximum Gasteiger partial charge on any atom is 0.260 e. The summed E-state index contributed by atoms with van der Waals surface area (Å²) in [5.74, 6) is -0.526. The molecule has 5 nitrogen and oxygen atoms in total. The molecule has 0 spiro atoms. The van der Waals surface area contributed by atoms with E-state index in [9.17, 15) is 14.0 Å². The highest BCUT2D eigenvalue weighted by Gasteiger charge is 2.25. The first-order valence-electron chi connectivity index (χ1n) is 8.04. The van der Waals surface area contributed by atoms with Crippen molar-refractivity contribution < 1.29 is 9.18 Å². The van der Waals surface area contributed by atoms with Crippen molar-refractivity contribution in [1.29, 1.82) is 0 Å². The maximum atomic E-state index is 13.0. The molecule has 1 atom stereocenters. The minimum atomic E-state index is -0.353. The Hall–Kier alpha value is -2.63. The van der Waals surface area contributed by atoms with Crippen molar-refractivity contribution in [3.05, 3.63) is 63.8 Å². The molecule has 1 aliphatic heterocycles. The van der Waals surface area contributed by atoms with Crippen LogP contribution in [0.2, 0.25) is 0 Å². The fraction of sp³-hybridized carbons (Fsp3) is 0.333. The van der Waals surface area contributed by atoms with Gasteiger partial charge in [-0.2, -0.15) is 0 Å². The van der Waals surface area contributed by atoms with Crippen LogP contribution in [0.5, 0.6) is 0 Å². The van der Waals surface area contributed by atoms with Crippen LogP contribution in [-0.2, 0) is 0 Å². The third kappa shape index (κ3) is 3.64. The van der Waals surface area contributed by atoms with Crippen molar-refractivity contribution in [2.45, 2.75) is 25.8 Å². The normalized spacial score (nSPS) is 17.6. The first-order valence-corrected chi connectivity index (χ1v) is 8.04. The molecule has 126 valence electrons. The zero-order valence-corrected chi connectivity index (χ0v) is 13.5. The largest absolute Gasteiger partial charge is 0.381 e. The van der Waals surface area contributed by atoms with Crippen molar-refractivity contribution >= 4 is 11.6 Å². The molecule has 1 aliphatic rings. The van der Waals surface area contributed by atoms with Crippen LogP contribution in [0.3, 0.4) is 0 Å². The van der Waals surface area contributed by atoms with Crippen LogP contribution in [0.15, 0.2) is 41.2 Å². The summed E-state index contributed by atoms with van der Waals surface area (Å²) >= 11 is 0. The van der Waals surface area contributed by atoms with E-state index in [0.29, 0.717) is 13.1 Å². The lowest BCUT2D eigenvalue weighted by Gasteiger charge is -2.33. The molecule has 1 fully saturated rings. The molecule has 0 saturated carbocycles. The van der Waals surface area contributed by atoms with Crippen LogP contribution in [0.25, 0.3) is 0 Å². The van der Waals surface area contributed by atoms with Gasteiger partial charge < -0.3 is 15.2 Å². The standard InChI is InChI=1S/C18H20FN3O2/c1-12-4-9-16(17(23)20-12)18(24)22-10-2-3-15(11-22)21-14-7-5-13(19)6-8-14/h4-9,15,21H,2-3,10-11H2,1H3,(H,20,23). The van der Waals surface area contributed by atoms with Gasteiger partial charge in [0.05, 0.1) is 0 Å². The summed E-state index contributed by atoms with van der Waals surface area (Å²) in [5, 5.41) is 3.32. The number of amides is 1. The van der Waals surface area contributed by atoms with Gasteiger partial charge in [0.15, 0.2) is 0 Å². The Balaban J connectivity index is 1.69. The average Bonchev–Trinajstić information content (AvgIpc) is 2.57. The van der Waals surface area contributed by atoms with Crippen molar-refractivity contribution in [2.24, 2.45) is 0 Å². The molecule has 1 aromatic heterocycles. The van der Waals surface area contributed by atoms with Crippen LogP contribution in [0.4, 0.5) is 10.1 Å². The van der Waals surface area contributed by atoms with E-state index >= 15 is 0 Å². The Morgan fingerprint density at radius 1 is 1.25 bits per heavy atom. The number of pyridine rings is 1. The van der Waals surface area contributed by atoms with E-state index in [4.69, 9.17) is 0 Å². The second-order valence-corrected chi connectivity index (χ2v) is 6.13. The van der Waals surface area contributed by atoms with Gasteiger partial charge in [-0.3, -0.25) is 9.59 Å². The van der Waals surface area contributed by atoms with Gasteiger partial charge in [0.2, 0.25) is 0 Å². The number of halogens is 1. The lowest BCUT2D eigenvalue weighted by atomic mass is 10.0. The summed E-state index contributed by atoms with van der Waals surface area (Å²) in [6.07, 6.45) is 1.78. The molecule has 6 heteroatoms. The second-order valence-electron chi connectivity index (χ2n) is 6.13. The van der Waals surface area contributed by atoms with E-state index in [-0.39, 0.29) is 28.9 Å². The van der Waals surface area contributed by atoms with Gasteiger partial charge in [-0.1, -0.05) is 0 Å². The van der Waals surface area contributed by atoms with Crippen LogP contribution in [0.1, 0.15) is 28.9 Å². The number of hydrogen-bond donors (Lipinski definition) is 2. The molecule has 2 N–H and O–H groups in total. The number of piperidine rings is 1. The van der Waals surface area contributed by atoms with Gasteiger partial charge in [-0.25, -0.2) is 4.39 Å². The number of H-pyrrole nitrogens is 1. The Kier molecular flexibility index (Phi) is 4.64. The molecule has 0 radical (unpaired) electrons. The number of benzene rings is 1. The number of likely N-dealkylation sites (tertiary alicyclic amines) is 1. The highest BCUT2D eigenvalue weighted by molar-refractivity contribution is 5.94. The quantitative estimate of drug-likeness (QED) is 0.909. The monoisotopic (exact) mass is 329 g/mol. The number of carbonyl (C=O) groups excluding carboxylic acids is 1. The third-order valence-corrected chi connectivity index (χ3v) is 4.21. The predicted molar refractivity (Wildman–Crippen MR) is 90.7 cm³/mol. The van der Waals surface area contributed by atoms with Crippen LogP contribution in [-0.4, -0.2) is 34.9 Å². The van der Waals surface area contributed by atoms with Crippen LogP contribution >= 0.6 is 0 Å². The minimum Gasteiger partial charge on any atom is -0.381 e. The summed E-state index contributed by atoms with van der Waals surface area (Å²) in [4.78, 5) is 28.9. The Morgan fingerprint density at radius 2 is 2.00 bits per heavy atom. The van der Waals surface area contributed by atoms with Gasteiger partial charge in [-0.05, 0) is 56.2 Å². The zero-order chi connectivity index (χ0) is 17.1. The van der Waals surface area contributed by atoms with Gasteiger partial charge in [0.25, 0.3) is 11.5 Å². The van der Waals surface area contributed by atoms with Crippen LogP contribution in [0, 0.1) is 12.7 Å². The molecule has 1 unspecified atom stereocenters. The summed E-state index contributed by atoms with van der Waals surface area (Å²) in [5.41, 5.74) is 1.37. The fourth-order valence-electron chi connectivity index (χ4n) is 2.97.